The van der Waals surface area contributed by atoms with Crippen LogP contribution >= 0.6 is 0 Å². The summed E-state index contributed by atoms with van der Waals surface area (Å²) in [6, 6.07) is 6.34. The van der Waals surface area contributed by atoms with E-state index in [1.54, 1.807) is 6.07 Å². The number of fused-ring (bicyclic) bond motifs is 1. The van der Waals surface area contributed by atoms with Gasteiger partial charge in [-0.15, -0.1) is 0 Å². The minimum Gasteiger partial charge on any atom is -0.381 e. The molecule has 1 fully saturated rings. The van der Waals surface area contributed by atoms with E-state index in [1.165, 1.54) is 12.1 Å². The predicted molar refractivity (Wildman–Crippen MR) is 104 cm³/mol. The van der Waals surface area contributed by atoms with Crippen LogP contribution in [0.25, 0.3) is 11.4 Å². The minimum absolute atomic E-state index is 0.0468. The molecule has 7 heteroatoms. The van der Waals surface area contributed by atoms with Crippen LogP contribution in [0.2, 0.25) is 0 Å². The van der Waals surface area contributed by atoms with Crippen LogP contribution in [0.15, 0.2) is 24.3 Å². The lowest BCUT2D eigenvalue weighted by Gasteiger charge is -2.34. The molecule has 6 nitrogen and oxygen atoms in total. The Hall–Kier alpha value is -2.54. The normalized spacial score (nSPS) is 17.3. The van der Waals surface area contributed by atoms with E-state index in [-0.39, 0.29) is 17.6 Å². The minimum atomic E-state index is -0.307. The molecule has 0 bridgehead atoms. The maximum atomic E-state index is 13.6. The SMILES string of the molecule is CN(C)c1nc(-c2cccc(F)c2)nc2c1CN(C(=O)C1CCOCC1)CC2. The van der Waals surface area contributed by atoms with Gasteiger partial charge in [-0.2, -0.15) is 0 Å². The van der Waals surface area contributed by atoms with Gasteiger partial charge in [0.1, 0.15) is 11.6 Å². The van der Waals surface area contributed by atoms with E-state index in [2.05, 4.69) is 0 Å². The van der Waals surface area contributed by atoms with Crippen LogP contribution in [0.1, 0.15) is 24.1 Å². The molecule has 0 N–H and O–H groups in total. The van der Waals surface area contributed by atoms with Crippen LogP contribution < -0.4 is 4.90 Å². The van der Waals surface area contributed by atoms with E-state index in [1.807, 2.05) is 30.0 Å². The van der Waals surface area contributed by atoms with Gasteiger partial charge in [-0.05, 0) is 25.0 Å². The summed E-state index contributed by atoms with van der Waals surface area (Å²) < 4.78 is 19.0. The third-order valence-corrected chi connectivity index (χ3v) is 5.43. The Kier molecular flexibility index (Phi) is 5.26. The molecule has 1 aromatic carbocycles. The number of amides is 1. The number of hydrogen-bond acceptors (Lipinski definition) is 5. The van der Waals surface area contributed by atoms with Crippen LogP contribution in [0.4, 0.5) is 10.2 Å². The highest BCUT2D eigenvalue weighted by Crippen LogP contribution is 2.30. The highest BCUT2D eigenvalue weighted by atomic mass is 19.1. The number of halogens is 1. The summed E-state index contributed by atoms with van der Waals surface area (Å²) in [6.45, 7) is 2.48. The number of nitrogens with zero attached hydrogens (tertiary/aromatic N) is 4. The number of anilines is 1. The molecule has 4 rings (SSSR count). The van der Waals surface area contributed by atoms with Crippen molar-refractivity contribution in [3.05, 3.63) is 41.3 Å². The van der Waals surface area contributed by atoms with Crippen LogP contribution in [0, 0.1) is 11.7 Å². The van der Waals surface area contributed by atoms with E-state index in [0.717, 1.165) is 29.9 Å². The molecule has 0 radical (unpaired) electrons. The van der Waals surface area contributed by atoms with Crippen LogP contribution in [0.5, 0.6) is 0 Å². The van der Waals surface area contributed by atoms with E-state index in [4.69, 9.17) is 14.7 Å². The second kappa shape index (κ2) is 7.83. The Labute approximate surface area is 164 Å². The smallest absolute Gasteiger partial charge is 0.226 e. The summed E-state index contributed by atoms with van der Waals surface area (Å²) in [7, 11) is 3.86. The molecule has 0 aliphatic carbocycles. The Bertz CT molecular complexity index is 881. The lowest BCUT2D eigenvalue weighted by molar-refractivity contribution is -0.139. The van der Waals surface area contributed by atoms with Crippen LogP contribution in [-0.2, 0) is 22.5 Å². The topological polar surface area (TPSA) is 58.6 Å². The van der Waals surface area contributed by atoms with Crippen molar-refractivity contribution in [2.24, 2.45) is 5.92 Å². The molecule has 0 atom stereocenters. The third-order valence-electron chi connectivity index (χ3n) is 5.43. The molecule has 2 aromatic rings. The highest BCUT2D eigenvalue weighted by Gasteiger charge is 2.31. The maximum absolute atomic E-state index is 13.6. The van der Waals surface area contributed by atoms with Crippen molar-refractivity contribution in [3.8, 4) is 11.4 Å². The fourth-order valence-corrected chi connectivity index (χ4v) is 3.91. The molecular formula is C21H25FN4O2. The zero-order valence-electron chi connectivity index (χ0n) is 16.3. The highest BCUT2D eigenvalue weighted by molar-refractivity contribution is 5.79. The molecule has 1 aromatic heterocycles. The van der Waals surface area contributed by atoms with Crippen molar-refractivity contribution < 1.29 is 13.9 Å². The molecule has 2 aliphatic rings. The fraction of sp³-hybridized carbons (Fsp3) is 0.476. The van der Waals surface area contributed by atoms with Gasteiger partial charge >= 0.3 is 0 Å². The second-order valence-corrected chi connectivity index (χ2v) is 7.60. The Balaban J connectivity index is 1.64. The quantitative estimate of drug-likeness (QED) is 0.814. The number of carbonyl (C=O) groups excluding carboxylic acids is 1. The standard InChI is InChI=1S/C21H25FN4O2/c1-25(2)20-17-13-26(21(27)14-7-10-28-11-8-14)9-6-18(17)23-19(24-20)15-4-3-5-16(22)12-15/h3-5,12,14H,6-11,13H2,1-2H3. The van der Waals surface area contributed by atoms with Crippen molar-refractivity contribution in [1.29, 1.82) is 0 Å². The average molecular weight is 384 g/mol. The average Bonchev–Trinajstić information content (AvgIpc) is 2.72. The maximum Gasteiger partial charge on any atom is 0.226 e. The predicted octanol–water partition coefficient (Wildman–Crippen LogP) is 2.66. The monoisotopic (exact) mass is 384 g/mol. The van der Waals surface area contributed by atoms with Gasteiger partial charge in [0.25, 0.3) is 0 Å². The number of aromatic nitrogens is 2. The van der Waals surface area contributed by atoms with Gasteiger partial charge in [-0.25, -0.2) is 14.4 Å². The second-order valence-electron chi connectivity index (χ2n) is 7.60. The summed E-state index contributed by atoms with van der Waals surface area (Å²) in [5.41, 5.74) is 2.58. The summed E-state index contributed by atoms with van der Waals surface area (Å²) >= 11 is 0. The van der Waals surface area contributed by atoms with Crippen LogP contribution in [-0.4, -0.2) is 54.6 Å². The van der Waals surface area contributed by atoms with Gasteiger partial charge in [0, 0.05) is 57.3 Å². The molecule has 1 saturated heterocycles. The number of ether oxygens (including phenoxy) is 1. The zero-order chi connectivity index (χ0) is 19.7. The van der Waals surface area contributed by atoms with Crippen molar-refractivity contribution in [1.82, 2.24) is 14.9 Å². The van der Waals surface area contributed by atoms with Gasteiger partial charge < -0.3 is 14.5 Å². The molecule has 148 valence electrons. The molecule has 0 unspecified atom stereocenters. The third kappa shape index (κ3) is 3.71. The van der Waals surface area contributed by atoms with E-state index in [9.17, 15) is 9.18 Å². The van der Waals surface area contributed by atoms with Gasteiger partial charge in [0.15, 0.2) is 5.82 Å². The van der Waals surface area contributed by atoms with Crippen molar-refractivity contribution in [2.45, 2.75) is 25.8 Å². The number of benzene rings is 1. The molecule has 3 heterocycles. The Morgan fingerprint density at radius 1 is 1.25 bits per heavy atom. The Morgan fingerprint density at radius 2 is 2.04 bits per heavy atom. The summed E-state index contributed by atoms with van der Waals surface area (Å²) in [5.74, 6) is 1.25. The zero-order valence-corrected chi connectivity index (χ0v) is 16.3. The molecule has 0 spiro atoms. The van der Waals surface area contributed by atoms with E-state index < -0.39 is 0 Å². The summed E-state index contributed by atoms with van der Waals surface area (Å²) in [5, 5.41) is 0. The number of carbonyl (C=O) groups is 1. The van der Waals surface area contributed by atoms with E-state index in [0.29, 0.717) is 44.1 Å². The van der Waals surface area contributed by atoms with E-state index >= 15 is 0 Å². The first-order chi connectivity index (χ1) is 13.5. The first kappa shape index (κ1) is 18.8. The molecule has 2 aliphatic heterocycles. The van der Waals surface area contributed by atoms with Gasteiger partial charge in [0.05, 0.1) is 12.2 Å². The molecule has 1 amide bonds. The van der Waals surface area contributed by atoms with Gasteiger partial charge in [0.2, 0.25) is 5.91 Å². The largest absolute Gasteiger partial charge is 0.381 e. The van der Waals surface area contributed by atoms with Crippen molar-refractivity contribution in [2.75, 3.05) is 38.8 Å². The van der Waals surface area contributed by atoms with Crippen molar-refractivity contribution >= 4 is 11.7 Å². The summed E-state index contributed by atoms with van der Waals surface area (Å²) in [4.78, 5) is 26.2. The molecular weight excluding hydrogens is 359 g/mol. The molecule has 0 saturated carbocycles. The first-order valence-corrected chi connectivity index (χ1v) is 9.72. The molecule has 28 heavy (non-hydrogen) atoms. The van der Waals surface area contributed by atoms with Crippen molar-refractivity contribution in [3.63, 3.8) is 0 Å². The summed E-state index contributed by atoms with van der Waals surface area (Å²) in [6.07, 6.45) is 2.26. The first-order valence-electron chi connectivity index (χ1n) is 9.72. The lowest BCUT2D eigenvalue weighted by Crippen LogP contribution is -2.42. The van der Waals surface area contributed by atoms with Gasteiger partial charge in [-0.3, -0.25) is 4.79 Å². The fourth-order valence-electron chi connectivity index (χ4n) is 3.91. The number of hydrogen-bond donors (Lipinski definition) is 0. The number of rotatable bonds is 3. The van der Waals surface area contributed by atoms with Gasteiger partial charge in [-0.1, -0.05) is 12.1 Å². The Morgan fingerprint density at radius 3 is 2.75 bits per heavy atom. The lowest BCUT2D eigenvalue weighted by atomic mass is 9.96. The van der Waals surface area contributed by atoms with Crippen LogP contribution in [0.3, 0.4) is 0 Å².